The molecule has 102 valence electrons. The Balaban J connectivity index is 1.55. The molecule has 1 N–H and O–H groups in total. The molecular formula is C17H24N2. The van der Waals surface area contributed by atoms with E-state index in [4.69, 9.17) is 0 Å². The summed E-state index contributed by atoms with van der Waals surface area (Å²) < 4.78 is 0. The molecule has 0 spiro atoms. The standard InChI is InChI=1S/C17H24N2/c1-19-8-2-3-15(19)9-14-11-18-17-7-6-13(10-16(14)17)12-4-5-12/h6-7,10,12,14-15,18H,2-5,8-9,11H2,1H3. The predicted octanol–water partition coefficient (Wildman–Crippen LogP) is 3.56. The molecule has 2 nitrogen and oxygen atoms in total. The van der Waals surface area contributed by atoms with Crippen LogP contribution in [0.2, 0.25) is 0 Å². The number of hydrogen-bond acceptors (Lipinski definition) is 2. The highest BCUT2D eigenvalue weighted by Gasteiger charge is 2.31. The minimum absolute atomic E-state index is 0.735. The molecule has 1 aromatic carbocycles. The molecule has 2 unspecified atom stereocenters. The lowest BCUT2D eigenvalue weighted by molar-refractivity contribution is 0.285. The van der Waals surface area contributed by atoms with Gasteiger partial charge in [-0.3, -0.25) is 0 Å². The van der Waals surface area contributed by atoms with Crippen molar-refractivity contribution in [3.8, 4) is 0 Å². The summed E-state index contributed by atoms with van der Waals surface area (Å²) in [5, 5.41) is 3.61. The zero-order valence-corrected chi connectivity index (χ0v) is 11.9. The molecule has 0 amide bonds. The van der Waals surface area contributed by atoms with Crippen molar-refractivity contribution in [2.75, 3.05) is 25.5 Å². The molecule has 19 heavy (non-hydrogen) atoms. The summed E-state index contributed by atoms with van der Waals surface area (Å²) in [7, 11) is 2.29. The van der Waals surface area contributed by atoms with E-state index in [1.165, 1.54) is 44.3 Å². The molecular weight excluding hydrogens is 232 g/mol. The zero-order chi connectivity index (χ0) is 12.8. The van der Waals surface area contributed by atoms with Crippen LogP contribution in [0.3, 0.4) is 0 Å². The average Bonchev–Trinajstić information content (AvgIpc) is 3.09. The maximum atomic E-state index is 3.61. The van der Waals surface area contributed by atoms with Crippen LogP contribution in [0.4, 0.5) is 5.69 Å². The summed E-state index contributed by atoms with van der Waals surface area (Å²) in [6.07, 6.45) is 6.93. The van der Waals surface area contributed by atoms with Crippen LogP contribution in [-0.4, -0.2) is 31.1 Å². The van der Waals surface area contributed by atoms with Gasteiger partial charge in [0.2, 0.25) is 0 Å². The third kappa shape index (κ3) is 2.16. The summed E-state index contributed by atoms with van der Waals surface area (Å²) in [6.45, 7) is 2.44. The fourth-order valence-corrected chi connectivity index (χ4v) is 3.91. The Hall–Kier alpha value is -1.02. The Bertz CT molecular complexity index is 478. The van der Waals surface area contributed by atoms with E-state index in [0.717, 1.165) is 24.4 Å². The Morgan fingerprint density at radius 1 is 1.26 bits per heavy atom. The van der Waals surface area contributed by atoms with Crippen LogP contribution in [-0.2, 0) is 0 Å². The third-order valence-electron chi connectivity index (χ3n) is 5.33. The summed E-state index contributed by atoms with van der Waals surface area (Å²) >= 11 is 0. The van der Waals surface area contributed by atoms with Crippen molar-refractivity contribution >= 4 is 5.69 Å². The molecule has 0 bridgehead atoms. The van der Waals surface area contributed by atoms with Gasteiger partial charge in [-0.2, -0.15) is 0 Å². The number of fused-ring (bicyclic) bond motifs is 1. The summed E-state index contributed by atoms with van der Waals surface area (Å²) in [6, 6.07) is 7.98. The molecule has 1 aromatic rings. The van der Waals surface area contributed by atoms with E-state index in [1.807, 2.05) is 0 Å². The summed E-state index contributed by atoms with van der Waals surface area (Å²) in [4.78, 5) is 2.56. The lowest BCUT2D eigenvalue weighted by atomic mass is 9.91. The molecule has 2 atom stereocenters. The van der Waals surface area contributed by atoms with Gasteiger partial charge < -0.3 is 10.2 Å². The van der Waals surface area contributed by atoms with Crippen molar-refractivity contribution in [3.05, 3.63) is 29.3 Å². The van der Waals surface area contributed by atoms with Gasteiger partial charge in [0.15, 0.2) is 0 Å². The summed E-state index contributed by atoms with van der Waals surface area (Å²) in [5.74, 6) is 1.61. The van der Waals surface area contributed by atoms with Crippen molar-refractivity contribution in [1.29, 1.82) is 0 Å². The van der Waals surface area contributed by atoms with Crippen LogP contribution in [0.1, 0.15) is 55.1 Å². The normalized spacial score (nSPS) is 30.4. The van der Waals surface area contributed by atoms with Crippen LogP contribution >= 0.6 is 0 Å². The van der Waals surface area contributed by atoms with Crippen LogP contribution in [0.25, 0.3) is 0 Å². The number of benzene rings is 1. The van der Waals surface area contributed by atoms with Crippen LogP contribution in [0.5, 0.6) is 0 Å². The van der Waals surface area contributed by atoms with Gasteiger partial charge in [0.05, 0.1) is 0 Å². The Morgan fingerprint density at radius 2 is 2.16 bits per heavy atom. The average molecular weight is 256 g/mol. The fraction of sp³-hybridized carbons (Fsp3) is 0.647. The van der Waals surface area contributed by atoms with E-state index in [9.17, 15) is 0 Å². The predicted molar refractivity (Wildman–Crippen MR) is 79.9 cm³/mol. The number of nitrogens with one attached hydrogen (secondary N) is 1. The second kappa shape index (κ2) is 4.52. The SMILES string of the molecule is CN1CCCC1CC1CNc2ccc(C3CC3)cc21. The first-order valence-electron chi connectivity index (χ1n) is 7.89. The highest BCUT2D eigenvalue weighted by Crippen LogP contribution is 2.44. The largest absolute Gasteiger partial charge is 0.384 e. The molecule has 2 heterocycles. The zero-order valence-electron chi connectivity index (χ0n) is 11.9. The minimum atomic E-state index is 0.735. The second-order valence-electron chi connectivity index (χ2n) is 6.71. The van der Waals surface area contributed by atoms with Gasteiger partial charge in [0.25, 0.3) is 0 Å². The molecule has 1 saturated heterocycles. The lowest BCUT2D eigenvalue weighted by Gasteiger charge is -2.23. The Kier molecular flexibility index (Phi) is 2.80. The van der Waals surface area contributed by atoms with E-state index in [1.54, 1.807) is 11.1 Å². The molecule has 2 fully saturated rings. The molecule has 1 saturated carbocycles. The van der Waals surface area contributed by atoms with Crippen LogP contribution in [0, 0.1) is 0 Å². The third-order valence-corrected chi connectivity index (χ3v) is 5.33. The molecule has 3 aliphatic rings. The molecule has 2 heteroatoms. The molecule has 1 aliphatic carbocycles. The number of likely N-dealkylation sites (tertiary alicyclic amines) is 1. The van der Waals surface area contributed by atoms with Crippen molar-refractivity contribution in [1.82, 2.24) is 4.90 Å². The van der Waals surface area contributed by atoms with Crippen molar-refractivity contribution in [2.24, 2.45) is 0 Å². The van der Waals surface area contributed by atoms with E-state index in [-0.39, 0.29) is 0 Å². The minimum Gasteiger partial charge on any atom is -0.384 e. The van der Waals surface area contributed by atoms with Gasteiger partial charge in [-0.1, -0.05) is 12.1 Å². The molecule has 0 aromatic heterocycles. The number of hydrogen-bond donors (Lipinski definition) is 1. The van der Waals surface area contributed by atoms with Crippen molar-refractivity contribution in [3.63, 3.8) is 0 Å². The van der Waals surface area contributed by atoms with Gasteiger partial charge in [-0.15, -0.1) is 0 Å². The van der Waals surface area contributed by atoms with Crippen LogP contribution in [0.15, 0.2) is 18.2 Å². The molecule has 2 aliphatic heterocycles. The first kappa shape index (κ1) is 11.8. The highest BCUT2D eigenvalue weighted by molar-refractivity contribution is 5.59. The van der Waals surface area contributed by atoms with Crippen molar-refractivity contribution < 1.29 is 0 Å². The first-order chi connectivity index (χ1) is 9.31. The summed E-state index contributed by atoms with van der Waals surface area (Å²) in [5.41, 5.74) is 4.59. The molecule has 0 radical (unpaired) electrons. The Labute approximate surface area is 116 Å². The van der Waals surface area contributed by atoms with Gasteiger partial charge in [-0.25, -0.2) is 0 Å². The van der Waals surface area contributed by atoms with Crippen LogP contribution < -0.4 is 5.32 Å². The second-order valence-corrected chi connectivity index (χ2v) is 6.71. The van der Waals surface area contributed by atoms with Crippen molar-refractivity contribution in [2.45, 2.75) is 50.0 Å². The number of anilines is 1. The topological polar surface area (TPSA) is 15.3 Å². The van der Waals surface area contributed by atoms with E-state index >= 15 is 0 Å². The van der Waals surface area contributed by atoms with E-state index in [0.29, 0.717) is 0 Å². The van der Waals surface area contributed by atoms with E-state index in [2.05, 4.69) is 35.5 Å². The highest BCUT2D eigenvalue weighted by atomic mass is 15.1. The van der Waals surface area contributed by atoms with Gasteiger partial charge >= 0.3 is 0 Å². The Morgan fingerprint density at radius 3 is 2.89 bits per heavy atom. The lowest BCUT2D eigenvalue weighted by Crippen LogP contribution is -2.27. The molecule has 4 rings (SSSR count). The van der Waals surface area contributed by atoms with E-state index < -0.39 is 0 Å². The quantitative estimate of drug-likeness (QED) is 0.889. The monoisotopic (exact) mass is 256 g/mol. The van der Waals surface area contributed by atoms with Gasteiger partial charge in [0.1, 0.15) is 0 Å². The van der Waals surface area contributed by atoms with Gasteiger partial charge in [-0.05, 0) is 68.8 Å². The number of nitrogens with zero attached hydrogens (tertiary/aromatic N) is 1. The van der Waals surface area contributed by atoms with Gasteiger partial charge in [0, 0.05) is 24.2 Å². The first-order valence-corrected chi connectivity index (χ1v) is 7.89. The number of rotatable bonds is 3. The fourth-order valence-electron chi connectivity index (χ4n) is 3.91. The smallest absolute Gasteiger partial charge is 0.0376 e. The maximum absolute atomic E-state index is 3.61. The maximum Gasteiger partial charge on any atom is 0.0376 e.